The van der Waals surface area contributed by atoms with Gasteiger partial charge in [-0.1, -0.05) is 13.8 Å². The zero-order valence-electron chi connectivity index (χ0n) is 16.0. The van der Waals surface area contributed by atoms with Gasteiger partial charge in [-0.25, -0.2) is 4.98 Å². The average Bonchev–Trinajstić information content (AvgIpc) is 3.05. The Morgan fingerprint density at radius 2 is 2.00 bits per heavy atom. The highest BCUT2D eigenvalue weighted by Gasteiger charge is 2.33. The maximum absolute atomic E-state index is 9.55. The lowest BCUT2D eigenvalue weighted by atomic mass is 9.98. The van der Waals surface area contributed by atoms with Gasteiger partial charge in [0.15, 0.2) is 0 Å². The molecule has 0 radical (unpaired) electrons. The fraction of sp³-hybridized carbons (Fsp3) is 0.842. The third-order valence-electron chi connectivity index (χ3n) is 5.75. The first kappa shape index (κ1) is 19.2. The number of aliphatic hydroxyl groups excluding tert-OH is 1. The summed E-state index contributed by atoms with van der Waals surface area (Å²) in [7, 11) is 2.22. The molecule has 1 atom stereocenters. The summed E-state index contributed by atoms with van der Waals surface area (Å²) in [5, 5.41) is 13.0. The van der Waals surface area contributed by atoms with Gasteiger partial charge in [-0.05, 0) is 45.3 Å². The Labute approximate surface area is 156 Å². The molecule has 1 unspecified atom stereocenters. The van der Waals surface area contributed by atoms with Crippen molar-refractivity contribution in [2.45, 2.75) is 57.7 Å². The molecule has 142 valence electrons. The molecule has 5 nitrogen and oxygen atoms in total. The third-order valence-corrected chi connectivity index (χ3v) is 6.60. The molecule has 3 rings (SSSR count). The van der Waals surface area contributed by atoms with Gasteiger partial charge in [-0.15, -0.1) is 11.3 Å². The van der Waals surface area contributed by atoms with Crippen molar-refractivity contribution in [3.05, 3.63) is 16.1 Å². The zero-order valence-corrected chi connectivity index (χ0v) is 16.8. The van der Waals surface area contributed by atoms with Gasteiger partial charge >= 0.3 is 0 Å². The second-order valence-corrected chi connectivity index (χ2v) is 8.94. The van der Waals surface area contributed by atoms with Gasteiger partial charge < -0.3 is 10.0 Å². The number of rotatable bonds is 6. The lowest BCUT2D eigenvalue weighted by Crippen LogP contribution is -2.58. The van der Waals surface area contributed by atoms with Gasteiger partial charge in [0.25, 0.3) is 0 Å². The molecule has 1 aromatic rings. The van der Waals surface area contributed by atoms with E-state index in [2.05, 4.69) is 41.0 Å². The minimum absolute atomic E-state index is 0.288. The maximum Gasteiger partial charge on any atom is 0.107 e. The maximum atomic E-state index is 9.55. The quantitative estimate of drug-likeness (QED) is 0.836. The van der Waals surface area contributed by atoms with Crippen LogP contribution in [0.2, 0.25) is 0 Å². The molecule has 25 heavy (non-hydrogen) atoms. The summed E-state index contributed by atoms with van der Waals surface area (Å²) in [6.45, 7) is 11.4. The van der Waals surface area contributed by atoms with Crippen LogP contribution in [0.25, 0.3) is 0 Å². The predicted octanol–water partition coefficient (Wildman–Crippen LogP) is 2.23. The van der Waals surface area contributed by atoms with E-state index in [1.165, 1.54) is 36.6 Å². The van der Waals surface area contributed by atoms with Gasteiger partial charge in [0.1, 0.15) is 5.01 Å². The number of hydrogen-bond acceptors (Lipinski definition) is 6. The largest absolute Gasteiger partial charge is 0.396 e. The van der Waals surface area contributed by atoms with Crippen LogP contribution in [-0.2, 0) is 6.54 Å². The molecule has 1 N–H and O–H groups in total. The molecule has 0 saturated carbocycles. The van der Waals surface area contributed by atoms with Crippen molar-refractivity contribution in [2.75, 3.05) is 46.4 Å². The van der Waals surface area contributed by atoms with Gasteiger partial charge in [0, 0.05) is 43.7 Å². The van der Waals surface area contributed by atoms with Crippen LogP contribution >= 0.6 is 11.3 Å². The molecule has 0 aliphatic carbocycles. The average molecular weight is 367 g/mol. The summed E-state index contributed by atoms with van der Waals surface area (Å²) < 4.78 is 0. The predicted molar refractivity (Wildman–Crippen MR) is 104 cm³/mol. The van der Waals surface area contributed by atoms with E-state index >= 15 is 0 Å². The first-order valence-corrected chi connectivity index (χ1v) is 10.7. The Morgan fingerprint density at radius 3 is 2.64 bits per heavy atom. The lowest BCUT2D eigenvalue weighted by Gasteiger charge is -2.47. The van der Waals surface area contributed by atoms with Crippen molar-refractivity contribution in [3.63, 3.8) is 0 Å². The number of thiazole rings is 1. The van der Waals surface area contributed by atoms with E-state index in [4.69, 9.17) is 4.98 Å². The van der Waals surface area contributed by atoms with Crippen molar-refractivity contribution < 1.29 is 5.11 Å². The molecule has 0 amide bonds. The third kappa shape index (κ3) is 5.01. The van der Waals surface area contributed by atoms with E-state index in [0.29, 0.717) is 18.0 Å². The second-order valence-electron chi connectivity index (χ2n) is 7.99. The minimum atomic E-state index is 0.288. The highest BCUT2D eigenvalue weighted by molar-refractivity contribution is 7.09. The van der Waals surface area contributed by atoms with E-state index in [1.807, 2.05) is 0 Å². The van der Waals surface area contributed by atoms with Crippen LogP contribution < -0.4 is 0 Å². The second kappa shape index (κ2) is 8.91. The molecule has 3 heterocycles. The van der Waals surface area contributed by atoms with Crippen LogP contribution in [0.15, 0.2) is 5.38 Å². The van der Waals surface area contributed by atoms with Crippen molar-refractivity contribution in [3.8, 4) is 0 Å². The zero-order chi connectivity index (χ0) is 17.8. The van der Waals surface area contributed by atoms with Crippen molar-refractivity contribution in [1.29, 1.82) is 0 Å². The van der Waals surface area contributed by atoms with Crippen molar-refractivity contribution in [1.82, 2.24) is 19.7 Å². The van der Waals surface area contributed by atoms with Crippen molar-refractivity contribution >= 4 is 11.3 Å². The van der Waals surface area contributed by atoms with Crippen molar-refractivity contribution in [2.24, 2.45) is 0 Å². The Hall–Kier alpha value is -0.530. The summed E-state index contributed by atoms with van der Waals surface area (Å²) in [6, 6.07) is 1.18. The molecule has 6 heteroatoms. The lowest BCUT2D eigenvalue weighted by molar-refractivity contribution is 0.00597. The Kier molecular flexibility index (Phi) is 6.86. The van der Waals surface area contributed by atoms with Gasteiger partial charge in [0.05, 0.1) is 12.2 Å². The van der Waals surface area contributed by atoms with Crippen LogP contribution in [0, 0.1) is 0 Å². The summed E-state index contributed by atoms with van der Waals surface area (Å²) in [4.78, 5) is 12.5. The molecule has 2 fully saturated rings. The Bertz CT molecular complexity index is 527. The first-order chi connectivity index (χ1) is 12.1. The Morgan fingerprint density at radius 1 is 1.24 bits per heavy atom. The number of piperazine rings is 1. The van der Waals surface area contributed by atoms with E-state index < -0.39 is 0 Å². The SMILES string of the molecule is CC(C)c1csc(CN2CCN(C3CCN(C)CC3)C(CCO)C2)n1. The number of aliphatic hydroxyl groups is 1. The topological polar surface area (TPSA) is 42.8 Å². The summed E-state index contributed by atoms with van der Waals surface area (Å²) >= 11 is 1.79. The number of likely N-dealkylation sites (tertiary alicyclic amines) is 1. The molecule has 0 aromatic carbocycles. The fourth-order valence-corrected chi connectivity index (χ4v) is 5.14. The molecule has 2 aliphatic heterocycles. The smallest absolute Gasteiger partial charge is 0.107 e. The number of aromatic nitrogens is 1. The number of nitrogens with zero attached hydrogens (tertiary/aromatic N) is 4. The highest BCUT2D eigenvalue weighted by Crippen LogP contribution is 2.25. The van der Waals surface area contributed by atoms with E-state index in [-0.39, 0.29) is 6.61 Å². The summed E-state index contributed by atoms with van der Waals surface area (Å²) in [5.74, 6) is 0.508. The van der Waals surface area contributed by atoms with Gasteiger partial charge in [-0.3, -0.25) is 9.80 Å². The fourth-order valence-electron chi connectivity index (χ4n) is 4.14. The van der Waals surface area contributed by atoms with E-state index in [9.17, 15) is 5.11 Å². The molecule has 0 spiro atoms. The van der Waals surface area contributed by atoms with Crippen LogP contribution in [0.1, 0.15) is 49.7 Å². The molecule has 0 bridgehead atoms. The van der Waals surface area contributed by atoms with Crippen LogP contribution in [0.3, 0.4) is 0 Å². The van der Waals surface area contributed by atoms with Gasteiger partial charge in [-0.2, -0.15) is 0 Å². The molecule has 1 aromatic heterocycles. The standard InChI is InChI=1S/C19H34N4OS/c1-15(2)18-14-25-19(20-18)13-22-9-10-23(17(12-22)6-11-24)16-4-7-21(3)8-5-16/h14-17,24H,4-13H2,1-3H3. The van der Waals surface area contributed by atoms with E-state index in [0.717, 1.165) is 32.6 Å². The monoisotopic (exact) mass is 366 g/mol. The van der Waals surface area contributed by atoms with Gasteiger partial charge in [0.2, 0.25) is 0 Å². The summed E-state index contributed by atoms with van der Waals surface area (Å²) in [6.07, 6.45) is 3.42. The number of hydrogen-bond donors (Lipinski definition) is 1. The summed E-state index contributed by atoms with van der Waals surface area (Å²) in [5.41, 5.74) is 1.22. The minimum Gasteiger partial charge on any atom is -0.396 e. The van der Waals surface area contributed by atoms with Crippen LogP contribution in [-0.4, -0.2) is 83.3 Å². The Balaban J connectivity index is 1.58. The van der Waals surface area contributed by atoms with Crippen LogP contribution in [0.4, 0.5) is 0 Å². The molecular weight excluding hydrogens is 332 g/mol. The molecular formula is C19H34N4OS. The molecule has 2 aliphatic rings. The first-order valence-electron chi connectivity index (χ1n) is 9.78. The van der Waals surface area contributed by atoms with Crippen LogP contribution in [0.5, 0.6) is 0 Å². The normalized spacial score (nSPS) is 25.1. The molecule has 2 saturated heterocycles. The number of piperidine rings is 1. The van der Waals surface area contributed by atoms with E-state index in [1.54, 1.807) is 11.3 Å². The highest BCUT2D eigenvalue weighted by atomic mass is 32.1.